The Labute approximate surface area is 120 Å². The molecule has 1 amide bonds. The van der Waals surface area contributed by atoms with Crippen molar-refractivity contribution in [1.82, 2.24) is 15.2 Å². The van der Waals surface area contributed by atoms with Crippen LogP contribution < -0.4 is 5.32 Å². The number of para-hydroxylation sites is 1. The molecular weight excluding hydrogens is 264 g/mol. The SMILES string of the molecule is O=C(Nc1n[nH]c2ccccc12)c1ccc2cc[nH]c2c1. The average Bonchev–Trinajstić information content (AvgIpc) is 3.13. The number of anilines is 1. The molecule has 5 heteroatoms. The van der Waals surface area contributed by atoms with Gasteiger partial charge < -0.3 is 10.3 Å². The van der Waals surface area contributed by atoms with Crippen molar-refractivity contribution < 1.29 is 4.79 Å². The second-order valence-corrected chi connectivity index (χ2v) is 4.85. The van der Waals surface area contributed by atoms with Gasteiger partial charge in [0.2, 0.25) is 0 Å². The molecule has 5 nitrogen and oxygen atoms in total. The van der Waals surface area contributed by atoms with E-state index in [9.17, 15) is 4.79 Å². The Morgan fingerprint density at radius 3 is 2.90 bits per heavy atom. The number of rotatable bonds is 2. The molecule has 4 aromatic rings. The third kappa shape index (κ3) is 1.95. The first-order chi connectivity index (χ1) is 10.3. The van der Waals surface area contributed by atoms with Crippen LogP contribution in [0.4, 0.5) is 5.82 Å². The van der Waals surface area contributed by atoms with Gasteiger partial charge in [0.1, 0.15) is 0 Å². The zero-order chi connectivity index (χ0) is 14.2. The molecule has 4 rings (SSSR count). The molecule has 2 aromatic carbocycles. The van der Waals surface area contributed by atoms with Gasteiger partial charge in [-0.2, -0.15) is 5.10 Å². The maximum atomic E-state index is 12.3. The number of hydrogen-bond donors (Lipinski definition) is 3. The summed E-state index contributed by atoms with van der Waals surface area (Å²) in [4.78, 5) is 15.4. The van der Waals surface area contributed by atoms with Gasteiger partial charge in [-0.05, 0) is 35.7 Å². The van der Waals surface area contributed by atoms with Crippen molar-refractivity contribution in [2.45, 2.75) is 0 Å². The van der Waals surface area contributed by atoms with Gasteiger partial charge in [-0.15, -0.1) is 0 Å². The molecule has 0 bridgehead atoms. The lowest BCUT2D eigenvalue weighted by Gasteiger charge is -2.03. The number of nitrogens with one attached hydrogen (secondary N) is 3. The first-order valence-electron chi connectivity index (χ1n) is 6.63. The van der Waals surface area contributed by atoms with E-state index in [0.717, 1.165) is 21.8 Å². The van der Waals surface area contributed by atoms with Gasteiger partial charge >= 0.3 is 0 Å². The van der Waals surface area contributed by atoms with E-state index in [1.165, 1.54) is 0 Å². The lowest BCUT2D eigenvalue weighted by molar-refractivity contribution is 0.102. The van der Waals surface area contributed by atoms with Gasteiger partial charge in [0.25, 0.3) is 5.91 Å². The summed E-state index contributed by atoms with van der Waals surface area (Å²) >= 11 is 0. The first kappa shape index (κ1) is 11.7. The summed E-state index contributed by atoms with van der Waals surface area (Å²) in [7, 11) is 0. The Balaban J connectivity index is 1.68. The van der Waals surface area contributed by atoms with Crippen molar-refractivity contribution in [2.24, 2.45) is 0 Å². The fourth-order valence-electron chi connectivity index (χ4n) is 2.43. The van der Waals surface area contributed by atoms with E-state index in [-0.39, 0.29) is 5.91 Å². The molecule has 2 aromatic heterocycles. The van der Waals surface area contributed by atoms with Crippen molar-refractivity contribution in [3.05, 3.63) is 60.3 Å². The van der Waals surface area contributed by atoms with E-state index >= 15 is 0 Å². The van der Waals surface area contributed by atoms with Crippen LogP contribution in [0, 0.1) is 0 Å². The normalized spacial score (nSPS) is 11.0. The van der Waals surface area contributed by atoms with Crippen molar-refractivity contribution in [2.75, 3.05) is 5.32 Å². The summed E-state index contributed by atoms with van der Waals surface area (Å²) < 4.78 is 0. The molecule has 2 heterocycles. The van der Waals surface area contributed by atoms with Crippen LogP contribution in [0.25, 0.3) is 21.8 Å². The number of hydrogen-bond acceptors (Lipinski definition) is 2. The maximum absolute atomic E-state index is 12.3. The maximum Gasteiger partial charge on any atom is 0.256 e. The highest BCUT2D eigenvalue weighted by molar-refractivity contribution is 6.09. The standard InChI is InChI=1S/C16H12N4O/c21-16(11-6-5-10-7-8-17-14(10)9-11)18-15-12-3-1-2-4-13(12)19-20-15/h1-9,17H,(H2,18,19,20,21). The summed E-state index contributed by atoms with van der Waals surface area (Å²) in [5, 5.41) is 11.9. The largest absolute Gasteiger partial charge is 0.361 e. The minimum atomic E-state index is -0.177. The van der Waals surface area contributed by atoms with Gasteiger partial charge in [-0.25, -0.2) is 0 Å². The van der Waals surface area contributed by atoms with Crippen LogP contribution in [0.15, 0.2) is 54.7 Å². The number of carbonyl (C=O) groups is 1. The van der Waals surface area contributed by atoms with Crippen LogP contribution >= 0.6 is 0 Å². The highest BCUT2D eigenvalue weighted by Crippen LogP contribution is 2.21. The molecule has 0 aliphatic carbocycles. The van der Waals surface area contributed by atoms with Crippen molar-refractivity contribution in [1.29, 1.82) is 0 Å². The second kappa shape index (κ2) is 4.49. The molecule has 0 spiro atoms. The Bertz CT molecular complexity index is 951. The Hall–Kier alpha value is -3.08. The molecule has 0 atom stereocenters. The van der Waals surface area contributed by atoms with E-state index in [0.29, 0.717) is 11.4 Å². The van der Waals surface area contributed by atoms with Crippen molar-refractivity contribution >= 4 is 33.5 Å². The second-order valence-electron chi connectivity index (χ2n) is 4.85. The number of fused-ring (bicyclic) bond motifs is 2. The highest BCUT2D eigenvalue weighted by Gasteiger charge is 2.11. The lowest BCUT2D eigenvalue weighted by Crippen LogP contribution is -2.12. The fourth-order valence-corrected chi connectivity index (χ4v) is 2.43. The van der Waals surface area contributed by atoms with Crippen molar-refractivity contribution in [3.63, 3.8) is 0 Å². The van der Waals surface area contributed by atoms with E-state index in [1.54, 1.807) is 6.07 Å². The smallest absolute Gasteiger partial charge is 0.256 e. The summed E-state index contributed by atoms with van der Waals surface area (Å²) in [5.41, 5.74) is 2.43. The molecule has 0 aliphatic rings. The predicted molar refractivity (Wildman–Crippen MR) is 82.3 cm³/mol. The van der Waals surface area contributed by atoms with Crippen LogP contribution in [0.5, 0.6) is 0 Å². The molecule has 0 saturated carbocycles. The van der Waals surface area contributed by atoms with E-state index < -0.39 is 0 Å². The molecule has 21 heavy (non-hydrogen) atoms. The molecule has 0 saturated heterocycles. The number of aromatic amines is 2. The molecule has 0 aliphatic heterocycles. The molecule has 102 valence electrons. The Morgan fingerprint density at radius 2 is 1.95 bits per heavy atom. The molecule has 3 N–H and O–H groups in total. The number of nitrogens with zero attached hydrogens (tertiary/aromatic N) is 1. The quantitative estimate of drug-likeness (QED) is 0.525. The van der Waals surface area contributed by atoms with E-state index in [1.807, 2.05) is 48.7 Å². The highest BCUT2D eigenvalue weighted by atomic mass is 16.1. The summed E-state index contributed by atoms with van der Waals surface area (Å²) in [5.74, 6) is 0.367. The first-order valence-corrected chi connectivity index (χ1v) is 6.63. The summed E-state index contributed by atoms with van der Waals surface area (Å²) in [6, 6.07) is 15.2. The zero-order valence-corrected chi connectivity index (χ0v) is 11.1. The third-order valence-electron chi connectivity index (χ3n) is 3.52. The number of aromatic nitrogens is 3. The number of amides is 1. The van der Waals surface area contributed by atoms with Gasteiger partial charge in [0, 0.05) is 22.7 Å². The monoisotopic (exact) mass is 276 g/mol. The van der Waals surface area contributed by atoms with Crippen LogP contribution in [0.2, 0.25) is 0 Å². The van der Waals surface area contributed by atoms with Crippen LogP contribution in [-0.4, -0.2) is 21.1 Å². The van der Waals surface area contributed by atoms with Gasteiger partial charge in [0.05, 0.1) is 5.52 Å². The van der Waals surface area contributed by atoms with Crippen LogP contribution in [-0.2, 0) is 0 Å². The topological polar surface area (TPSA) is 73.6 Å². The molecule has 0 fully saturated rings. The third-order valence-corrected chi connectivity index (χ3v) is 3.52. The number of H-pyrrole nitrogens is 2. The molecular formula is C16H12N4O. The molecule has 0 radical (unpaired) electrons. The summed E-state index contributed by atoms with van der Waals surface area (Å²) in [6.45, 7) is 0. The Kier molecular flexibility index (Phi) is 2.50. The molecule has 0 unspecified atom stereocenters. The van der Waals surface area contributed by atoms with Crippen molar-refractivity contribution in [3.8, 4) is 0 Å². The zero-order valence-electron chi connectivity index (χ0n) is 11.1. The lowest BCUT2D eigenvalue weighted by atomic mass is 10.1. The van der Waals surface area contributed by atoms with Crippen LogP contribution in [0.3, 0.4) is 0 Å². The van der Waals surface area contributed by atoms with E-state index in [2.05, 4.69) is 20.5 Å². The number of benzene rings is 2. The van der Waals surface area contributed by atoms with E-state index in [4.69, 9.17) is 0 Å². The minimum absolute atomic E-state index is 0.177. The number of carbonyl (C=O) groups excluding carboxylic acids is 1. The predicted octanol–water partition coefficient (Wildman–Crippen LogP) is 3.30. The van der Waals surface area contributed by atoms with Crippen LogP contribution in [0.1, 0.15) is 10.4 Å². The Morgan fingerprint density at radius 1 is 1.05 bits per heavy atom. The van der Waals surface area contributed by atoms with Gasteiger partial charge in [0.15, 0.2) is 5.82 Å². The van der Waals surface area contributed by atoms with Gasteiger partial charge in [-0.1, -0.05) is 18.2 Å². The van der Waals surface area contributed by atoms with Gasteiger partial charge in [-0.3, -0.25) is 9.89 Å². The average molecular weight is 276 g/mol. The minimum Gasteiger partial charge on any atom is -0.361 e. The fraction of sp³-hybridized carbons (Fsp3) is 0. The summed E-state index contributed by atoms with van der Waals surface area (Å²) in [6.07, 6.45) is 1.85.